The lowest BCUT2D eigenvalue weighted by atomic mass is 9.91. The molecular formula is C28H36AlCl3N4. The fourth-order valence-corrected chi connectivity index (χ4v) is 6.81. The summed E-state index contributed by atoms with van der Waals surface area (Å²) in [5, 5.41) is 10.2. The molecule has 192 valence electrons. The van der Waals surface area contributed by atoms with Gasteiger partial charge in [0.1, 0.15) is 4.98 Å². The Labute approximate surface area is 231 Å². The summed E-state index contributed by atoms with van der Waals surface area (Å²) < 4.78 is 0.124. The second-order valence-corrected chi connectivity index (χ2v) is 20.2. The molecule has 0 atom stereocenters. The van der Waals surface area contributed by atoms with Crippen LogP contribution in [0.3, 0.4) is 0 Å². The summed E-state index contributed by atoms with van der Waals surface area (Å²) in [6.07, 6.45) is 4.01. The molecule has 0 bridgehead atoms. The van der Waals surface area contributed by atoms with Crippen molar-refractivity contribution in [1.29, 1.82) is 5.39 Å². The van der Waals surface area contributed by atoms with E-state index in [2.05, 4.69) is 107 Å². The first kappa shape index (κ1) is 28.9. The third kappa shape index (κ3) is 5.60. The predicted octanol–water partition coefficient (Wildman–Crippen LogP) is 10.2. The van der Waals surface area contributed by atoms with Gasteiger partial charge in [0.05, 0.1) is 11.4 Å². The van der Waals surface area contributed by atoms with Gasteiger partial charge in [-0.2, -0.15) is 0 Å². The smallest absolute Gasteiger partial charge is 0.397 e. The van der Waals surface area contributed by atoms with Crippen molar-refractivity contribution in [3.05, 3.63) is 86.4 Å². The molecule has 0 unspecified atom stereocenters. The summed E-state index contributed by atoms with van der Waals surface area (Å²) in [6, 6.07) is 12.8. The first-order valence-corrected chi connectivity index (χ1v) is 18.4. The van der Waals surface area contributed by atoms with Crippen molar-refractivity contribution in [2.75, 3.05) is 9.80 Å². The minimum Gasteiger partial charge on any atom is -0.397 e. The van der Waals surface area contributed by atoms with E-state index >= 15 is 0 Å². The number of halogens is 3. The highest BCUT2D eigenvalue weighted by molar-refractivity contribution is 7.67. The highest BCUT2D eigenvalue weighted by atomic mass is 35.8. The first-order chi connectivity index (χ1) is 16.8. The minimum atomic E-state index is -3.96. The fraction of sp³-hybridized carbons (Fsp3) is 0.429. The minimum absolute atomic E-state index is 0.124. The standard InChI is InChI=1S/C28H36N4.Al.3ClH/c1-18(2)22-11-9-12-23(19(3)4)27(22)31-15-16-32(26(31)17-30-29)28-24(20(5)6)13-10-14-25(28)21(7)8;;;;/h9-16,18-21H,1-8H3;;3*1H/q+1;+2;;;/p-3. The van der Waals surface area contributed by atoms with E-state index in [0.29, 0.717) is 5.82 Å². The van der Waals surface area contributed by atoms with Crippen LogP contribution >= 0.6 is 30.1 Å². The summed E-state index contributed by atoms with van der Waals surface area (Å²) >= 11 is 0. The third-order valence-corrected chi connectivity index (χ3v) is 9.49. The zero-order valence-electron chi connectivity index (χ0n) is 22.4. The molecule has 0 amide bonds. The zero-order valence-corrected chi connectivity index (χ0v) is 25.9. The summed E-state index contributed by atoms with van der Waals surface area (Å²) in [4.78, 5) is 7.74. The Kier molecular flexibility index (Phi) is 9.14. The number of para-hydroxylation sites is 2. The molecule has 0 saturated carbocycles. The molecule has 36 heavy (non-hydrogen) atoms. The van der Waals surface area contributed by atoms with Gasteiger partial charge in [-0.1, -0.05) is 91.8 Å². The average Bonchev–Trinajstić information content (AvgIpc) is 3.20. The van der Waals surface area contributed by atoms with Gasteiger partial charge in [0.2, 0.25) is 5.39 Å². The Morgan fingerprint density at radius 3 is 1.19 bits per heavy atom. The summed E-state index contributed by atoms with van der Waals surface area (Å²) in [7, 11) is 15.8. The number of diazo groups is 1. The summed E-state index contributed by atoms with van der Waals surface area (Å²) in [6.45, 7) is 17.4. The largest absolute Gasteiger partial charge is 0.608 e. The van der Waals surface area contributed by atoms with E-state index in [4.69, 9.17) is 30.1 Å². The number of hydrogen-bond donors (Lipinski definition) is 0. The van der Waals surface area contributed by atoms with Gasteiger partial charge in [0.15, 0.2) is 5.82 Å². The number of benzene rings is 2. The Bertz CT molecular complexity index is 1090. The van der Waals surface area contributed by atoms with Crippen LogP contribution in [0.15, 0.2) is 59.2 Å². The maximum absolute atomic E-state index is 10.2. The van der Waals surface area contributed by atoms with Crippen LogP contribution in [-0.2, 0) is 0 Å². The van der Waals surface area contributed by atoms with Crippen LogP contribution in [0.2, 0.25) is 0 Å². The van der Waals surface area contributed by atoms with Gasteiger partial charge in [-0.05, 0) is 45.9 Å². The van der Waals surface area contributed by atoms with E-state index in [1.54, 1.807) is 0 Å². The Morgan fingerprint density at radius 1 is 0.667 bits per heavy atom. The van der Waals surface area contributed by atoms with Crippen molar-refractivity contribution in [3.8, 4) is 0 Å². The zero-order chi connectivity index (χ0) is 26.9. The molecule has 0 N–H and O–H groups in total. The molecule has 3 rings (SSSR count). The highest BCUT2D eigenvalue weighted by Crippen LogP contribution is 2.47. The second-order valence-electron chi connectivity index (χ2n) is 10.6. The van der Waals surface area contributed by atoms with Crippen LogP contribution < -0.4 is 9.80 Å². The van der Waals surface area contributed by atoms with Gasteiger partial charge in [-0.25, -0.2) is 0 Å². The molecule has 0 aliphatic carbocycles. The Hall–Kier alpha value is -1.66. The van der Waals surface area contributed by atoms with E-state index in [1.165, 1.54) is 22.3 Å². The molecule has 0 radical (unpaired) electrons. The van der Waals surface area contributed by atoms with Gasteiger partial charge < -0.3 is 30.1 Å². The Balaban J connectivity index is 2.44. The quantitative estimate of drug-likeness (QED) is 0.249. The van der Waals surface area contributed by atoms with Crippen molar-refractivity contribution in [2.45, 2.75) is 79.1 Å². The molecular weight excluding hydrogens is 526 g/mol. The van der Waals surface area contributed by atoms with Crippen LogP contribution in [-0.4, -0.2) is 10.3 Å². The van der Waals surface area contributed by atoms with E-state index < -0.39 is 10.3 Å². The number of anilines is 2. The van der Waals surface area contributed by atoms with Gasteiger partial charge in [0.25, 0.3) is 4.56 Å². The molecule has 8 heteroatoms. The second kappa shape index (κ2) is 11.4. The predicted molar refractivity (Wildman–Crippen MR) is 159 cm³/mol. The maximum Gasteiger partial charge on any atom is 0.608 e. The van der Waals surface area contributed by atoms with Gasteiger partial charge in [-0.3, -0.25) is 9.80 Å². The highest BCUT2D eigenvalue weighted by Gasteiger charge is 2.47. The molecule has 0 fully saturated rings. The van der Waals surface area contributed by atoms with Gasteiger partial charge >= 0.3 is 10.3 Å². The van der Waals surface area contributed by atoms with Crippen molar-refractivity contribution in [2.24, 2.45) is 0 Å². The van der Waals surface area contributed by atoms with E-state index in [0.717, 1.165) is 11.4 Å². The Morgan fingerprint density at radius 2 is 0.972 bits per heavy atom. The lowest BCUT2D eigenvalue weighted by Gasteiger charge is -2.33. The summed E-state index contributed by atoms with van der Waals surface area (Å²) in [5.74, 6) is 1.63. The van der Waals surface area contributed by atoms with Crippen LogP contribution in [0.4, 0.5) is 11.4 Å². The molecule has 0 saturated heterocycles. The van der Waals surface area contributed by atoms with E-state index in [1.807, 2.05) is 12.4 Å². The van der Waals surface area contributed by atoms with E-state index in [9.17, 15) is 5.39 Å². The molecule has 2 aromatic carbocycles. The van der Waals surface area contributed by atoms with Crippen molar-refractivity contribution < 1.29 is 0 Å². The number of nitrogens with zero attached hydrogens (tertiary/aromatic N) is 4. The molecule has 1 aliphatic rings. The molecule has 1 heterocycles. The lowest BCUT2D eigenvalue weighted by molar-refractivity contribution is 0.819. The number of hydrogen-bond acceptors (Lipinski definition) is 3. The molecule has 2 aromatic rings. The topological polar surface area (TPSA) is 34.6 Å². The summed E-state index contributed by atoms with van der Waals surface area (Å²) in [5.41, 5.74) is 6.80. The lowest BCUT2D eigenvalue weighted by Crippen LogP contribution is -2.31. The average molecular weight is 562 g/mol. The molecule has 0 spiro atoms. The number of rotatable bonds is 7. The van der Waals surface area contributed by atoms with Crippen LogP contribution in [0.1, 0.15) is 101 Å². The van der Waals surface area contributed by atoms with Crippen LogP contribution in [0.5, 0.6) is 0 Å². The SMILES string of the molecule is CC(C)c1cccc(C(C)C)c1N1C=CN(c2c(C(C)C)cccc2C(C)C)C1=[C]([N+]#N)[Al-]([Cl])([Cl])[Cl]. The van der Waals surface area contributed by atoms with Crippen LogP contribution in [0, 0.1) is 5.39 Å². The van der Waals surface area contributed by atoms with E-state index in [-0.39, 0.29) is 28.2 Å². The fourth-order valence-electron chi connectivity index (χ4n) is 4.83. The van der Waals surface area contributed by atoms with Crippen molar-refractivity contribution in [3.63, 3.8) is 0 Å². The normalized spacial score (nSPS) is 14.1. The molecule has 0 aromatic heterocycles. The molecule has 1 aliphatic heterocycles. The monoisotopic (exact) mass is 560 g/mol. The van der Waals surface area contributed by atoms with Crippen molar-refractivity contribution >= 4 is 51.8 Å². The van der Waals surface area contributed by atoms with Gasteiger partial charge in [0, 0.05) is 12.4 Å². The first-order valence-electron chi connectivity index (χ1n) is 12.6. The van der Waals surface area contributed by atoms with Crippen molar-refractivity contribution in [1.82, 2.24) is 0 Å². The third-order valence-electron chi connectivity index (χ3n) is 6.63. The maximum atomic E-state index is 10.2. The van der Waals surface area contributed by atoms with Gasteiger partial charge in [-0.15, -0.1) is 0 Å². The molecule has 4 nitrogen and oxygen atoms in total. The van der Waals surface area contributed by atoms with Crippen LogP contribution in [0.25, 0.3) is 4.98 Å².